The summed E-state index contributed by atoms with van der Waals surface area (Å²) in [6, 6.07) is 7.19. The smallest absolute Gasteiger partial charge is 0.271 e. The Morgan fingerprint density at radius 3 is 3.25 bits per heavy atom. The summed E-state index contributed by atoms with van der Waals surface area (Å²) < 4.78 is 5.85. The molecule has 0 aromatic heterocycles. The molecule has 2 unspecified atom stereocenters. The monoisotopic (exact) mass is 277 g/mol. The maximum absolute atomic E-state index is 10.7. The lowest BCUT2D eigenvalue weighted by Gasteiger charge is -2.35. The van der Waals surface area contributed by atoms with Gasteiger partial charge in [0.05, 0.1) is 17.6 Å². The van der Waals surface area contributed by atoms with E-state index in [9.17, 15) is 10.1 Å². The van der Waals surface area contributed by atoms with Crippen molar-refractivity contribution in [2.24, 2.45) is 0 Å². The van der Waals surface area contributed by atoms with Gasteiger partial charge in [0.1, 0.15) is 0 Å². The predicted octanol–water partition coefficient (Wildman–Crippen LogP) is 1.87. The second-order valence-corrected chi connectivity index (χ2v) is 5.43. The number of nitro benzene ring substituents is 1. The van der Waals surface area contributed by atoms with E-state index in [0.717, 1.165) is 18.8 Å². The molecule has 0 radical (unpaired) electrons. The minimum Gasteiger partial charge on any atom is -0.382 e. The summed E-state index contributed by atoms with van der Waals surface area (Å²) in [6.45, 7) is 3.61. The molecule has 1 N–H and O–H groups in total. The van der Waals surface area contributed by atoms with Crippen LogP contribution in [-0.4, -0.2) is 48.2 Å². The van der Waals surface area contributed by atoms with Crippen LogP contribution in [0.1, 0.15) is 12.8 Å². The van der Waals surface area contributed by atoms with Gasteiger partial charge in [0.2, 0.25) is 0 Å². The molecule has 0 amide bonds. The fraction of sp³-hybridized carbons (Fsp3) is 0.571. The van der Waals surface area contributed by atoms with E-state index in [4.69, 9.17) is 4.74 Å². The number of ether oxygens (including phenoxy) is 1. The SMILES string of the molecule is O=[N+]([O-])c1cccc(NCC2CN3CCCC3CO2)c1. The Balaban J connectivity index is 1.54. The summed E-state index contributed by atoms with van der Waals surface area (Å²) in [5.41, 5.74) is 0.880. The van der Waals surface area contributed by atoms with E-state index >= 15 is 0 Å². The van der Waals surface area contributed by atoms with Crippen molar-refractivity contribution >= 4 is 11.4 Å². The van der Waals surface area contributed by atoms with Gasteiger partial charge in [0.25, 0.3) is 5.69 Å². The summed E-state index contributed by atoms with van der Waals surface area (Å²) in [5, 5.41) is 14.0. The van der Waals surface area contributed by atoms with Crippen molar-refractivity contribution in [1.29, 1.82) is 0 Å². The van der Waals surface area contributed by atoms with E-state index in [-0.39, 0.29) is 16.7 Å². The van der Waals surface area contributed by atoms with Crippen LogP contribution in [0.5, 0.6) is 0 Å². The summed E-state index contributed by atoms with van der Waals surface area (Å²) in [4.78, 5) is 12.8. The molecular formula is C14H19N3O3. The number of hydrogen-bond acceptors (Lipinski definition) is 5. The van der Waals surface area contributed by atoms with Gasteiger partial charge >= 0.3 is 0 Å². The number of hydrogen-bond donors (Lipinski definition) is 1. The number of rotatable bonds is 4. The van der Waals surface area contributed by atoms with Crippen LogP contribution in [0.15, 0.2) is 24.3 Å². The summed E-state index contributed by atoms with van der Waals surface area (Å²) in [7, 11) is 0. The number of morpholine rings is 1. The number of fused-ring (bicyclic) bond motifs is 1. The molecule has 6 nitrogen and oxygen atoms in total. The molecule has 0 saturated carbocycles. The second-order valence-electron chi connectivity index (χ2n) is 5.43. The first kappa shape index (κ1) is 13.3. The highest BCUT2D eigenvalue weighted by Gasteiger charge is 2.31. The Morgan fingerprint density at radius 2 is 2.40 bits per heavy atom. The molecule has 1 aromatic carbocycles. The van der Waals surface area contributed by atoms with Gasteiger partial charge in [-0.05, 0) is 25.5 Å². The second kappa shape index (κ2) is 5.76. The zero-order valence-electron chi connectivity index (χ0n) is 11.3. The lowest BCUT2D eigenvalue weighted by Crippen LogP contribution is -2.48. The fourth-order valence-electron chi connectivity index (χ4n) is 2.97. The van der Waals surface area contributed by atoms with Gasteiger partial charge < -0.3 is 10.1 Å². The molecule has 2 aliphatic heterocycles. The van der Waals surface area contributed by atoms with Crippen LogP contribution in [0.2, 0.25) is 0 Å². The molecular weight excluding hydrogens is 258 g/mol. The number of nitrogens with one attached hydrogen (secondary N) is 1. The summed E-state index contributed by atoms with van der Waals surface area (Å²) >= 11 is 0. The van der Waals surface area contributed by atoms with Crippen molar-refractivity contribution in [2.45, 2.75) is 25.0 Å². The Kier molecular flexibility index (Phi) is 3.84. The molecule has 2 fully saturated rings. The van der Waals surface area contributed by atoms with Crippen LogP contribution in [0, 0.1) is 10.1 Å². The summed E-state index contributed by atoms with van der Waals surface area (Å²) in [6.07, 6.45) is 2.66. The van der Waals surface area contributed by atoms with Crippen molar-refractivity contribution in [1.82, 2.24) is 4.90 Å². The van der Waals surface area contributed by atoms with Gasteiger partial charge in [0.15, 0.2) is 0 Å². The zero-order valence-corrected chi connectivity index (χ0v) is 11.3. The Bertz CT molecular complexity index is 494. The maximum Gasteiger partial charge on any atom is 0.271 e. The van der Waals surface area contributed by atoms with E-state index in [1.54, 1.807) is 12.1 Å². The molecule has 0 bridgehead atoms. The van der Waals surface area contributed by atoms with E-state index in [2.05, 4.69) is 10.2 Å². The van der Waals surface area contributed by atoms with Gasteiger partial charge in [-0.1, -0.05) is 6.07 Å². The molecule has 2 atom stereocenters. The van der Waals surface area contributed by atoms with Crippen LogP contribution in [0.3, 0.4) is 0 Å². The number of nitro groups is 1. The van der Waals surface area contributed by atoms with Crippen molar-refractivity contribution in [3.8, 4) is 0 Å². The highest BCUT2D eigenvalue weighted by molar-refractivity contribution is 5.50. The molecule has 2 saturated heterocycles. The molecule has 3 rings (SSSR count). The number of anilines is 1. The maximum atomic E-state index is 10.7. The van der Waals surface area contributed by atoms with Crippen molar-refractivity contribution in [3.63, 3.8) is 0 Å². The standard InChI is InChI=1S/C14H19N3O3/c18-17(19)12-4-1-3-11(7-12)15-8-14-9-16-6-2-5-13(16)10-20-14/h1,3-4,7,13-15H,2,5-6,8-10H2. The zero-order chi connectivity index (χ0) is 13.9. The number of nitrogens with zero attached hydrogens (tertiary/aromatic N) is 2. The van der Waals surface area contributed by atoms with Crippen molar-refractivity contribution in [2.75, 3.05) is 31.6 Å². The first-order valence-electron chi connectivity index (χ1n) is 7.06. The Morgan fingerprint density at radius 1 is 1.50 bits per heavy atom. The fourth-order valence-corrected chi connectivity index (χ4v) is 2.97. The molecule has 0 spiro atoms. The quantitative estimate of drug-likeness (QED) is 0.672. The highest BCUT2D eigenvalue weighted by Crippen LogP contribution is 2.23. The normalized spacial score (nSPS) is 26.2. The van der Waals surface area contributed by atoms with Crippen LogP contribution in [-0.2, 0) is 4.74 Å². The largest absolute Gasteiger partial charge is 0.382 e. The van der Waals surface area contributed by atoms with E-state index in [1.165, 1.54) is 25.5 Å². The Hall–Kier alpha value is -1.66. The van der Waals surface area contributed by atoms with E-state index < -0.39 is 0 Å². The molecule has 1 aromatic rings. The molecule has 2 heterocycles. The van der Waals surface area contributed by atoms with Crippen LogP contribution < -0.4 is 5.32 Å². The molecule has 0 aliphatic carbocycles. The average molecular weight is 277 g/mol. The third-order valence-corrected chi connectivity index (χ3v) is 4.05. The lowest BCUT2D eigenvalue weighted by molar-refractivity contribution is -0.384. The van der Waals surface area contributed by atoms with Gasteiger partial charge in [-0.3, -0.25) is 15.0 Å². The van der Waals surface area contributed by atoms with Gasteiger partial charge in [-0.2, -0.15) is 0 Å². The number of benzene rings is 1. The third-order valence-electron chi connectivity index (χ3n) is 4.05. The van der Waals surface area contributed by atoms with Crippen LogP contribution >= 0.6 is 0 Å². The van der Waals surface area contributed by atoms with Crippen molar-refractivity contribution in [3.05, 3.63) is 34.4 Å². The van der Waals surface area contributed by atoms with Gasteiger partial charge in [-0.25, -0.2) is 0 Å². The summed E-state index contributed by atoms with van der Waals surface area (Å²) in [5.74, 6) is 0. The molecule has 6 heteroatoms. The molecule has 108 valence electrons. The van der Waals surface area contributed by atoms with Gasteiger partial charge in [0, 0.05) is 37.0 Å². The van der Waals surface area contributed by atoms with E-state index in [0.29, 0.717) is 12.6 Å². The van der Waals surface area contributed by atoms with Gasteiger partial charge in [-0.15, -0.1) is 0 Å². The third kappa shape index (κ3) is 2.91. The first-order valence-corrected chi connectivity index (χ1v) is 7.06. The van der Waals surface area contributed by atoms with Crippen molar-refractivity contribution < 1.29 is 9.66 Å². The first-order chi connectivity index (χ1) is 9.72. The molecule has 20 heavy (non-hydrogen) atoms. The van der Waals surface area contributed by atoms with Crippen LogP contribution in [0.4, 0.5) is 11.4 Å². The number of non-ortho nitro benzene ring substituents is 1. The Labute approximate surface area is 117 Å². The topological polar surface area (TPSA) is 67.6 Å². The van der Waals surface area contributed by atoms with E-state index in [1.807, 2.05) is 6.07 Å². The minimum absolute atomic E-state index is 0.110. The predicted molar refractivity (Wildman–Crippen MR) is 75.9 cm³/mol. The van der Waals surface area contributed by atoms with Crippen LogP contribution in [0.25, 0.3) is 0 Å². The average Bonchev–Trinajstić information content (AvgIpc) is 2.93. The lowest BCUT2D eigenvalue weighted by atomic mass is 10.2. The molecule has 2 aliphatic rings. The highest BCUT2D eigenvalue weighted by atomic mass is 16.6. The minimum atomic E-state index is -0.378.